The molecule has 3 aromatic rings. The fourth-order valence-electron chi connectivity index (χ4n) is 4.44. The molecule has 5 rings (SSSR count). The van der Waals surface area contributed by atoms with Crippen molar-refractivity contribution in [3.8, 4) is 0 Å². The maximum absolute atomic E-state index is 14.0. The summed E-state index contributed by atoms with van der Waals surface area (Å²) in [5.74, 6) is -0.431. The molecule has 1 N–H and O–H groups in total. The number of fused-ring (bicyclic) bond motifs is 3. The van der Waals surface area contributed by atoms with Gasteiger partial charge in [0.25, 0.3) is 5.91 Å². The number of hydrogen-bond acceptors (Lipinski definition) is 5. The van der Waals surface area contributed by atoms with Gasteiger partial charge in [0.15, 0.2) is 5.65 Å². The first kappa shape index (κ1) is 25.6. The Morgan fingerprint density at radius 2 is 1.91 bits per heavy atom. The van der Waals surface area contributed by atoms with Gasteiger partial charge in [0, 0.05) is 43.9 Å². The highest BCUT2D eigenvalue weighted by atomic mass is 35.5. The molecule has 4 heterocycles. The number of hydrogen-bond donors (Lipinski definition) is 1. The lowest BCUT2D eigenvalue weighted by Gasteiger charge is -2.28. The van der Waals surface area contributed by atoms with E-state index in [1.54, 1.807) is 15.5 Å². The largest absolute Gasteiger partial charge is 0.328 e. The number of nitrogens with one attached hydrogen (secondary N) is 1. The van der Waals surface area contributed by atoms with Crippen LogP contribution in [0.4, 0.5) is 4.39 Å². The molecule has 1 fully saturated rings. The van der Waals surface area contributed by atoms with Gasteiger partial charge in [0.05, 0.1) is 35.2 Å². The lowest BCUT2D eigenvalue weighted by Crippen LogP contribution is -2.43. The number of carbonyl (C=O) groups is 1. The van der Waals surface area contributed by atoms with Crippen LogP contribution in [0.2, 0.25) is 5.02 Å². The summed E-state index contributed by atoms with van der Waals surface area (Å²) in [6.45, 7) is 8.72. The minimum Gasteiger partial charge on any atom is -0.328 e. The quantitative estimate of drug-likeness (QED) is 0.578. The Morgan fingerprint density at radius 3 is 2.64 bits per heavy atom. The molecule has 1 amide bonds. The molecule has 7 nitrogen and oxygen atoms in total. The van der Waals surface area contributed by atoms with Gasteiger partial charge in [-0.3, -0.25) is 9.69 Å². The predicted octanol–water partition coefficient (Wildman–Crippen LogP) is 3.54. The van der Waals surface area contributed by atoms with Crippen molar-refractivity contribution in [2.24, 2.45) is 0 Å². The van der Waals surface area contributed by atoms with Gasteiger partial charge in [-0.05, 0) is 37.6 Å². The van der Waals surface area contributed by atoms with Crippen LogP contribution in [0.5, 0.6) is 0 Å². The molecule has 2 aliphatic rings. The van der Waals surface area contributed by atoms with E-state index < -0.39 is 0 Å². The SMILES string of the molecule is Cc1nc2c3c(nn2c(C)c1Cl)CN(C(=O)c1ccc(F)cc1CN1CCNCC1)C3.Cl.Cl. The summed E-state index contributed by atoms with van der Waals surface area (Å²) in [6, 6.07) is 4.44. The first-order chi connectivity index (χ1) is 14.9. The van der Waals surface area contributed by atoms with Crippen molar-refractivity contribution in [1.29, 1.82) is 0 Å². The molecular formula is C22H26Cl3FN6O. The Morgan fingerprint density at radius 1 is 1.18 bits per heavy atom. The molecule has 0 unspecified atom stereocenters. The minimum absolute atomic E-state index is 0. The number of piperazine rings is 1. The summed E-state index contributed by atoms with van der Waals surface area (Å²) in [5, 5.41) is 8.57. The minimum atomic E-state index is -0.323. The van der Waals surface area contributed by atoms with Gasteiger partial charge in [0.2, 0.25) is 0 Å². The standard InChI is InChI=1S/C22H24ClFN6O.2ClH/c1-13-20(23)14(2)30-21(26-13)18-11-29(12-19(18)27-30)22(31)17-4-3-16(24)9-15(17)10-28-7-5-25-6-8-28;;/h3-4,9,25H,5-8,10-12H2,1-2H3;2*1H. The van der Waals surface area contributed by atoms with Gasteiger partial charge in [-0.15, -0.1) is 24.8 Å². The number of aryl methyl sites for hydroxylation is 2. The molecule has 0 radical (unpaired) electrons. The van der Waals surface area contributed by atoms with Crippen molar-refractivity contribution < 1.29 is 9.18 Å². The number of carbonyl (C=O) groups excluding carboxylic acids is 1. The van der Waals surface area contributed by atoms with E-state index >= 15 is 0 Å². The van der Waals surface area contributed by atoms with Gasteiger partial charge in [-0.25, -0.2) is 13.9 Å². The molecule has 11 heteroatoms. The van der Waals surface area contributed by atoms with Crippen LogP contribution < -0.4 is 5.32 Å². The van der Waals surface area contributed by atoms with Gasteiger partial charge in [-0.1, -0.05) is 11.6 Å². The number of aromatic nitrogens is 3. The Labute approximate surface area is 209 Å². The lowest BCUT2D eigenvalue weighted by atomic mass is 10.0. The van der Waals surface area contributed by atoms with Crippen molar-refractivity contribution in [1.82, 2.24) is 29.7 Å². The Hall–Kier alpha value is -1.97. The molecule has 0 atom stereocenters. The number of benzene rings is 1. The molecule has 2 aromatic heterocycles. The van der Waals surface area contributed by atoms with Crippen LogP contribution in [0.3, 0.4) is 0 Å². The number of halogens is 4. The van der Waals surface area contributed by atoms with E-state index in [-0.39, 0.29) is 36.5 Å². The topological polar surface area (TPSA) is 65.8 Å². The van der Waals surface area contributed by atoms with E-state index in [1.165, 1.54) is 12.1 Å². The van der Waals surface area contributed by atoms with Crippen LogP contribution in [-0.4, -0.2) is 56.5 Å². The van der Waals surface area contributed by atoms with E-state index in [1.807, 2.05) is 13.8 Å². The molecule has 0 spiro atoms. The first-order valence-electron chi connectivity index (χ1n) is 10.5. The summed E-state index contributed by atoms with van der Waals surface area (Å²) in [6.07, 6.45) is 0. The lowest BCUT2D eigenvalue weighted by molar-refractivity contribution is 0.0747. The second kappa shape index (κ2) is 10.1. The summed E-state index contributed by atoms with van der Waals surface area (Å²) in [7, 11) is 0. The fraction of sp³-hybridized carbons (Fsp3) is 0.409. The van der Waals surface area contributed by atoms with Crippen molar-refractivity contribution in [3.05, 3.63) is 62.8 Å². The van der Waals surface area contributed by atoms with Gasteiger partial charge >= 0.3 is 0 Å². The fourth-order valence-corrected chi connectivity index (χ4v) is 4.56. The molecule has 178 valence electrons. The first-order valence-corrected chi connectivity index (χ1v) is 10.8. The molecule has 1 saturated heterocycles. The smallest absolute Gasteiger partial charge is 0.254 e. The zero-order valence-electron chi connectivity index (χ0n) is 18.4. The molecular weight excluding hydrogens is 490 g/mol. The molecule has 0 bridgehead atoms. The summed E-state index contributed by atoms with van der Waals surface area (Å²) in [4.78, 5) is 22.0. The zero-order valence-corrected chi connectivity index (χ0v) is 20.8. The third kappa shape index (κ3) is 4.68. The monoisotopic (exact) mass is 514 g/mol. The summed E-state index contributed by atoms with van der Waals surface area (Å²) < 4.78 is 15.8. The van der Waals surface area contributed by atoms with E-state index in [9.17, 15) is 9.18 Å². The highest BCUT2D eigenvalue weighted by molar-refractivity contribution is 6.31. The Balaban J connectivity index is 0.00000153. The predicted molar refractivity (Wildman–Crippen MR) is 130 cm³/mol. The van der Waals surface area contributed by atoms with Gasteiger partial charge < -0.3 is 10.2 Å². The summed E-state index contributed by atoms with van der Waals surface area (Å²) in [5.41, 5.74) is 5.38. The van der Waals surface area contributed by atoms with Gasteiger partial charge in [0.1, 0.15) is 5.82 Å². The number of rotatable bonds is 3. The van der Waals surface area contributed by atoms with Crippen molar-refractivity contribution >= 4 is 48.0 Å². The van der Waals surface area contributed by atoms with Crippen LogP contribution >= 0.6 is 36.4 Å². The van der Waals surface area contributed by atoms with Gasteiger partial charge in [-0.2, -0.15) is 5.10 Å². The average Bonchev–Trinajstić information content (AvgIpc) is 3.32. The van der Waals surface area contributed by atoms with Crippen LogP contribution in [0.1, 0.15) is 38.6 Å². The van der Waals surface area contributed by atoms with E-state index in [0.717, 1.165) is 60.0 Å². The van der Waals surface area contributed by atoms with E-state index in [2.05, 4.69) is 20.3 Å². The van der Waals surface area contributed by atoms with Crippen molar-refractivity contribution in [2.45, 2.75) is 33.5 Å². The van der Waals surface area contributed by atoms with E-state index in [0.29, 0.717) is 30.2 Å². The second-order valence-electron chi connectivity index (χ2n) is 8.25. The Kier molecular flexibility index (Phi) is 7.86. The highest BCUT2D eigenvalue weighted by Crippen LogP contribution is 2.30. The van der Waals surface area contributed by atoms with Crippen LogP contribution in [0, 0.1) is 19.7 Å². The van der Waals surface area contributed by atoms with Crippen LogP contribution in [0.15, 0.2) is 18.2 Å². The van der Waals surface area contributed by atoms with Crippen LogP contribution in [-0.2, 0) is 19.6 Å². The average molecular weight is 516 g/mol. The normalized spacial score (nSPS) is 15.8. The molecule has 33 heavy (non-hydrogen) atoms. The zero-order chi connectivity index (χ0) is 21.7. The maximum atomic E-state index is 14.0. The third-order valence-electron chi connectivity index (χ3n) is 6.14. The van der Waals surface area contributed by atoms with Crippen molar-refractivity contribution in [2.75, 3.05) is 26.2 Å². The highest BCUT2D eigenvalue weighted by Gasteiger charge is 2.31. The molecule has 2 aliphatic heterocycles. The molecule has 0 saturated carbocycles. The maximum Gasteiger partial charge on any atom is 0.254 e. The van der Waals surface area contributed by atoms with E-state index in [4.69, 9.17) is 11.6 Å². The molecule has 1 aromatic carbocycles. The van der Waals surface area contributed by atoms with Crippen molar-refractivity contribution in [3.63, 3.8) is 0 Å². The second-order valence-corrected chi connectivity index (χ2v) is 8.62. The molecule has 0 aliphatic carbocycles. The summed E-state index contributed by atoms with van der Waals surface area (Å²) >= 11 is 6.32. The number of nitrogens with zero attached hydrogens (tertiary/aromatic N) is 5. The Bertz CT molecular complexity index is 1190. The number of amides is 1. The van der Waals surface area contributed by atoms with Crippen LogP contribution in [0.25, 0.3) is 5.65 Å². The third-order valence-corrected chi connectivity index (χ3v) is 6.69.